The summed E-state index contributed by atoms with van der Waals surface area (Å²) in [6.45, 7) is 5.29. The number of carbonyl (C=O) groups excluding carboxylic acids is 1. The molecule has 1 aromatic carbocycles. The maximum absolute atomic E-state index is 12.0. The van der Waals surface area contributed by atoms with Crippen LogP contribution in [0.4, 0.5) is 0 Å². The summed E-state index contributed by atoms with van der Waals surface area (Å²) >= 11 is 0. The molecular weight excluding hydrogens is 264 g/mol. The zero-order valence-corrected chi connectivity index (χ0v) is 12.8. The van der Waals surface area contributed by atoms with Crippen LogP contribution in [-0.4, -0.2) is 38.3 Å². The van der Waals surface area contributed by atoms with Crippen molar-refractivity contribution in [3.8, 4) is 0 Å². The molecular formula is C17H26N2O2. The van der Waals surface area contributed by atoms with Crippen molar-refractivity contribution in [1.82, 2.24) is 10.6 Å². The maximum atomic E-state index is 12.0. The minimum atomic E-state index is -0.379. The van der Waals surface area contributed by atoms with Crippen LogP contribution in [-0.2, 0) is 16.0 Å². The van der Waals surface area contributed by atoms with Crippen LogP contribution in [0.25, 0.3) is 0 Å². The minimum Gasteiger partial charge on any atom is -0.368 e. The molecule has 0 aliphatic carbocycles. The van der Waals surface area contributed by atoms with Gasteiger partial charge in [0.05, 0.1) is 6.61 Å². The Morgan fingerprint density at radius 2 is 2.05 bits per heavy atom. The van der Waals surface area contributed by atoms with Crippen LogP contribution in [0.5, 0.6) is 0 Å². The van der Waals surface area contributed by atoms with E-state index in [1.54, 1.807) is 0 Å². The molecule has 116 valence electrons. The van der Waals surface area contributed by atoms with Crippen LogP contribution < -0.4 is 10.6 Å². The van der Waals surface area contributed by atoms with Gasteiger partial charge >= 0.3 is 0 Å². The number of benzene rings is 1. The average Bonchev–Trinajstić information content (AvgIpc) is 2.54. The van der Waals surface area contributed by atoms with E-state index in [0.717, 1.165) is 38.9 Å². The van der Waals surface area contributed by atoms with Gasteiger partial charge in [-0.25, -0.2) is 0 Å². The lowest BCUT2D eigenvalue weighted by molar-refractivity contribution is -0.131. The zero-order chi connectivity index (χ0) is 14.9. The highest BCUT2D eigenvalue weighted by Crippen LogP contribution is 2.10. The van der Waals surface area contributed by atoms with E-state index in [9.17, 15) is 4.79 Å². The second kappa shape index (κ2) is 8.80. The van der Waals surface area contributed by atoms with Gasteiger partial charge in [-0.1, -0.05) is 30.3 Å². The Hall–Kier alpha value is -1.39. The van der Waals surface area contributed by atoms with Crippen LogP contribution >= 0.6 is 0 Å². The van der Waals surface area contributed by atoms with Crippen molar-refractivity contribution in [2.45, 2.75) is 32.3 Å². The molecule has 1 aliphatic rings. The first-order valence-electron chi connectivity index (χ1n) is 7.89. The summed E-state index contributed by atoms with van der Waals surface area (Å²) in [6.07, 6.45) is 2.75. The molecule has 1 heterocycles. The fraction of sp³-hybridized carbons (Fsp3) is 0.588. The first-order chi connectivity index (χ1) is 10.3. The number of ether oxygens (including phenoxy) is 1. The van der Waals surface area contributed by atoms with E-state index >= 15 is 0 Å². The van der Waals surface area contributed by atoms with E-state index in [0.29, 0.717) is 12.5 Å². The largest absolute Gasteiger partial charge is 0.368 e. The molecule has 1 aliphatic heterocycles. The van der Waals surface area contributed by atoms with Crippen molar-refractivity contribution < 1.29 is 9.53 Å². The molecule has 0 spiro atoms. The quantitative estimate of drug-likeness (QED) is 0.804. The van der Waals surface area contributed by atoms with Crippen molar-refractivity contribution in [3.63, 3.8) is 0 Å². The summed E-state index contributed by atoms with van der Waals surface area (Å²) in [5.41, 5.74) is 1.24. The summed E-state index contributed by atoms with van der Waals surface area (Å²) in [6, 6.07) is 10.2. The van der Waals surface area contributed by atoms with Gasteiger partial charge in [0.1, 0.15) is 6.10 Å². The Morgan fingerprint density at radius 3 is 2.76 bits per heavy atom. The zero-order valence-electron chi connectivity index (χ0n) is 12.8. The molecule has 0 aromatic heterocycles. The summed E-state index contributed by atoms with van der Waals surface area (Å²) in [5.74, 6) is 0.605. The fourth-order valence-corrected chi connectivity index (χ4v) is 2.55. The number of piperidine rings is 1. The monoisotopic (exact) mass is 290 g/mol. The standard InChI is InChI=1S/C17H26N2O2/c1-14(21-12-9-15-5-3-2-4-6-15)17(20)19-13-16-7-10-18-11-8-16/h2-6,14,16,18H,7-13H2,1H3,(H,19,20). The fourth-order valence-electron chi connectivity index (χ4n) is 2.55. The van der Waals surface area contributed by atoms with Crippen LogP contribution in [0.15, 0.2) is 30.3 Å². The molecule has 1 aromatic rings. The topological polar surface area (TPSA) is 50.4 Å². The van der Waals surface area contributed by atoms with E-state index in [-0.39, 0.29) is 12.0 Å². The molecule has 0 bridgehead atoms. The third-order valence-electron chi connectivity index (χ3n) is 3.99. The van der Waals surface area contributed by atoms with Crippen LogP contribution in [0.2, 0.25) is 0 Å². The average molecular weight is 290 g/mol. The molecule has 1 unspecified atom stereocenters. The van der Waals surface area contributed by atoms with E-state index in [4.69, 9.17) is 4.74 Å². The molecule has 2 N–H and O–H groups in total. The Labute approximate surface area is 127 Å². The summed E-state index contributed by atoms with van der Waals surface area (Å²) < 4.78 is 5.62. The lowest BCUT2D eigenvalue weighted by Gasteiger charge is -2.23. The normalized spacial score (nSPS) is 17.4. The van der Waals surface area contributed by atoms with E-state index < -0.39 is 0 Å². The van der Waals surface area contributed by atoms with Crippen molar-refractivity contribution in [3.05, 3.63) is 35.9 Å². The molecule has 4 nitrogen and oxygen atoms in total. The lowest BCUT2D eigenvalue weighted by Crippen LogP contribution is -2.40. The summed E-state index contributed by atoms with van der Waals surface area (Å²) in [7, 11) is 0. The molecule has 1 amide bonds. The molecule has 1 saturated heterocycles. The van der Waals surface area contributed by atoms with Gasteiger partial charge in [-0.15, -0.1) is 0 Å². The number of nitrogens with one attached hydrogen (secondary N) is 2. The highest BCUT2D eigenvalue weighted by atomic mass is 16.5. The lowest BCUT2D eigenvalue weighted by atomic mass is 9.98. The molecule has 0 saturated carbocycles. The number of rotatable bonds is 7. The van der Waals surface area contributed by atoms with Crippen molar-refractivity contribution in [1.29, 1.82) is 0 Å². The first-order valence-corrected chi connectivity index (χ1v) is 7.89. The predicted octanol–water partition coefficient (Wildman–Crippen LogP) is 1.75. The number of amides is 1. The van der Waals surface area contributed by atoms with Gasteiger partial charge in [-0.3, -0.25) is 4.79 Å². The Morgan fingerprint density at radius 1 is 1.33 bits per heavy atom. The molecule has 21 heavy (non-hydrogen) atoms. The highest BCUT2D eigenvalue weighted by molar-refractivity contribution is 5.80. The van der Waals surface area contributed by atoms with Crippen molar-refractivity contribution in [2.24, 2.45) is 5.92 Å². The van der Waals surface area contributed by atoms with Crippen LogP contribution in [0, 0.1) is 5.92 Å². The number of hydrogen-bond acceptors (Lipinski definition) is 3. The molecule has 1 fully saturated rings. The predicted molar refractivity (Wildman–Crippen MR) is 84.2 cm³/mol. The Bertz CT molecular complexity index is 416. The number of carbonyl (C=O) groups is 1. The second-order valence-electron chi connectivity index (χ2n) is 5.69. The second-order valence-corrected chi connectivity index (χ2v) is 5.69. The minimum absolute atomic E-state index is 0.00148. The third kappa shape index (κ3) is 5.86. The van der Waals surface area contributed by atoms with Crippen molar-refractivity contribution in [2.75, 3.05) is 26.2 Å². The van der Waals surface area contributed by atoms with Gasteiger partial charge in [-0.2, -0.15) is 0 Å². The Kier molecular flexibility index (Phi) is 6.70. The van der Waals surface area contributed by atoms with Crippen LogP contribution in [0.3, 0.4) is 0 Å². The van der Waals surface area contributed by atoms with E-state index in [1.165, 1.54) is 5.56 Å². The van der Waals surface area contributed by atoms with Gasteiger partial charge in [0, 0.05) is 6.54 Å². The van der Waals surface area contributed by atoms with Gasteiger partial charge in [0.25, 0.3) is 0 Å². The summed E-state index contributed by atoms with van der Waals surface area (Å²) in [4.78, 5) is 12.0. The van der Waals surface area contributed by atoms with Gasteiger partial charge < -0.3 is 15.4 Å². The maximum Gasteiger partial charge on any atom is 0.248 e. The van der Waals surface area contributed by atoms with Crippen molar-refractivity contribution >= 4 is 5.91 Å². The van der Waals surface area contributed by atoms with Gasteiger partial charge in [0.15, 0.2) is 0 Å². The smallest absolute Gasteiger partial charge is 0.248 e. The third-order valence-corrected chi connectivity index (χ3v) is 3.99. The van der Waals surface area contributed by atoms with Crippen LogP contribution in [0.1, 0.15) is 25.3 Å². The highest BCUT2D eigenvalue weighted by Gasteiger charge is 2.17. The molecule has 4 heteroatoms. The summed E-state index contributed by atoms with van der Waals surface area (Å²) in [5, 5.41) is 6.34. The SMILES string of the molecule is CC(OCCc1ccccc1)C(=O)NCC1CCNCC1. The Balaban J connectivity index is 1.60. The number of hydrogen-bond donors (Lipinski definition) is 2. The van der Waals surface area contributed by atoms with E-state index in [1.807, 2.05) is 25.1 Å². The molecule has 0 radical (unpaired) electrons. The molecule has 1 atom stereocenters. The first kappa shape index (κ1) is 16.0. The van der Waals surface area contributed by atoms with E-state index in [2.05, 4.69) is 22.8 Å². The van der Waals surface area contributed by atoms with Gasteiger partial charge in [-0.05, 0) is 50.8 Å². The van der Waals surface area contributed by atoms with Gasteiger partial charge in [0.2, 0.25) is 5.91 Å². The molecule has 2 rings (SSSR count).